The normalized spacial score (nSPS) is 13.1. The third-order valence-electron chi connectivity index (χ3n) is 10.3. The van der Waals surface area contributed by atoms with E-state index >= 15 is 0 Å². The maximum atomic E-state index is 5.12. The maximum absolute atomic E-state index is 5.12. The number of rotatable bonds is 4. The van der Waals surface area contributed by atoms with Crippen molar-refractivity contribution in [2.24, 2.45) is 0 Å². The van der Waals surface area contributed by atoms with Crippen LogP contribution in [0, 0.1) is 0 Å². The summed E-state index contributed by atoms with van der Waals surface area (Å²) in [4.78, 5) is 10.2. The average Bonchev–Trinajstić information content (AvgIpc) is 3.66. The topological polar surface area (TPSA) is 25.8 Å². The van der Waals surface area contributed by atoms with Crippen molar-refractivity contribution in [1.29, 1.82) is 0 Å². The number of hydrogen-bond donors (Lipinski definition) is 0. The molecule has 0 atom stereocenters. The van der Waals surface area contributed by atoms with Crippen molar-refractivity contribution in [3.05, 3.63) is 204 Å². The highest BCUT2D eigenvalue weighted by Crippen LogP contribution is 2.63. The van der Waals surface area contributed by atoms with Crippen LogP contribution >= 0.6 is 0 Å². The Morgan fingerprint density at radius 2 is 0.714 bits per heavy atom. The summed E-state index contributed by atoms with van der Waals surface area (Å²) in [5, 5.41) is 0. The third-order valence-corrected chi connectivity index (χ3v) is 10.3. The van der Waals surface area contributed by atoms with Crippen molar-refractivity contribution in [1.82, 2.24) is 9.97 Å². The smallest absolute Gasteiger partial charge is 0.160 e. The van der Waals surface area contributed by atoms with E-state index in [0.29, 0.717) is 5.82 Å². The van der Waals surface area contributed by atoms with E-state index in [4.69, 9.17) is 9.97 Å². The van der Waals surface area contributed by atoms with Gasteiger partial charge in [0.2, 0.25) is 0 Å². The number of nitrogens with zero attached hydrogens (tertiary/aromatic N) is 2. The number of fused-ring (bicyclic) bond motifs is 10. The fraction of sp³-hybridized carbons (Fsp3) is 0.0213. The van der Waals surface area contributed by atoms with Crippen molar-refractivity contribution in [3.63, 3.8) is 0 Å². The lowest BCUT2D eigenvalue weighted by atomic mass is 9.70. The molecule has 8 aromatic rings. The van der Waals surface area contributed by atoms with Crippen molar-refractivity contribution in [3.8, 4) is 67.3 Å². The Balaban J connectivity index is 1.15. The summed E-state index contributed by atoms with van der Waals surface area (Å²) in [5.41, 5.74) is 17.5. The second-order valence-electron chi connectivity index (χ2n) is 12.9. The van der Waals surface area contributed by atoms with E-state index < -0.39 is 0 Å². The molecule has 1 aromatic heterocycles. The highest BCUT2D eigenvalue weighted by molar-refractivity contribution is 5.96. The van der Waals surface area contributed by atoms with Crippen LogP contribution in [0.25, 0.3) is 67.3 Å². The van der Waals surface area contributed by atoms with Gasteiger partial charge in [0.25, 0.3) is 0 Å². The first kappa shape index (κ1) is 27.7. The van der Waals surface area contributed by atoms with Crippen LogP contribution in [0.3, 0.4) is 0 Å². The molecule has 0 fully saturated rings. The predicted octanol–water partition coefficient (Wildman–Crippen LogP) is 11.5. The van der Waals surface area contributed by atoms with Gasteiger partial charge in [0.15, 0.2) is 5.82 Å². The van der Waals surface area contributed by atoms with Crippen LogP contribution in [-0.2, 0) is 5.41 Å². The second kappa shape index (κ2) is 10.8. The highest BCUT2D eigenvalue weighted by atomic mass is 14.9. The van der Waals surface area contributed by atoms with Crippen LogP contribution in [0.1, 0.15) is 22.3 Å². The van der Waals surface area contributed by atoms with Crippen molar-refractivity contribution in [2.75, 3.05) is 0 Å². The minimum Gasteiger partial charge on any atom is -0.228 e. The summed E-state index contributed by atoms with van der Waals surface area (Å²) in [6, 6.07) is 65.4. The van der Waals surface area contributed by atoms with E-state index in [-0.39, 0.29) is 5.41 Å². The van der Waals surface area contributed by atoms with Crippen LogP contribution in [0.4, 0.5) is 0 Å². The summed E-state index contributed by atoms with van der Waals surface area (Å²) >= 11 is 0. The van der Waals surface area contributed by atoms with Gasteiger partial charge in [-0.1, -0.05) is 164 Å². The van der Waals surface area contributed by atoms with Crippen LogP contribution in [-0.4, -0.2) is 9.97 Å². The molecule has 1 heterocycles. The molecule has 2 heteroatoms. The van der Waals surface area contributed by atoms with E-state index in [9.17, 15) is 0 Å². The maximum Gasteiger partial charge on any atom is 0.160 e. The molecule has 2 aliphatic carbocycles. The molecule has 7 aromatic carbocycles. The zero-order valence-corrected chi connectivity index (χ0v) is 26.7. The minimum absolute atomic E-state index is 0.371. The lowest BCUT2D eigenvalue weighted by Gasteiger charge is -2.30. The third kappa shape index (κ3) is 4.14. The molecule has 0 bridgehead atoms. The summed E-state index contributed by atoms with van der Waals surface area (Å²) in [5.74, 6) is 0.714. The molecule has 0 saturated carbocycles. The lowest BCUT2D eigenvalue weighted by molar-refractivity contribution is 0.794. The number of benzene rings is 7. The van der Waals surface area contributed by atoms with Gasteiger partial charge in [-0.05, 0) is 73.8 Å². The van der Waals surface area contributed by atoms with Gasteiger partial charge < -0.3 is 0 Å². The molecule has 1 spiro atoms. The molecule has 0 unspecified atom stereocenters. The Kier molecular flexibility index (Phi) is 6.13. The monoisotopic (exact) mass is 622 g/mol. The number of hydrogen-bond acceptors (Lipinski definition) is 2. The van der Waals surface area contributed by atoms with E-state index in [2.05, 4.69) is 170 Å². The molecule has 228 valence electrons. The molecule has 0 N–H and O–H groups in total. The van der Waals surface area contributed by atoms with Gasteiger partial charge in [0, 0.05) is 16.7 Å². The molecule has 0 radical (unpaired) electrons. The standard InChI is InChI=1S/C47H30N2/c1-3-14-31(15-4-1)44-30-45(32-16-5-2-6-17-32)49-46(48-44)35-19-13-18-33(28-35)34-26-27-39-38-22-9-12-25-42(38)47(43(39)29-34)40-23-10-7-20-36(40)37-21-8-11-24-41(37)47/h1-30H. The zero-order chi connectivity index (χ0) is 32.4. The average molecular weight is 623 g/mol. The Labute approximate surface area is 286 Å². The van der Waals surface area contributed by atoms with E-state index in [1.807, 2.05) is 12.1 Å². The Morgan fingerprint density at radius 1 is 0.286 bits per heavy atom. The fourth-order valence-corrected chi connectivity index (χ4v) is 8.20. The van der Waals surface area contributed by atoms with Crippen molar-refractivity contribution in [2.45, 2.75) is 5.41 Å². The molecule has 49 heavy (non-hydrogen) atoms. The summed E-state index contributed by atoms with van der Waals surface area (Å²) in [6.07, 6.45) is 0. The predicted molar refractivity (Wildman–Crippen MR) is 200 cm³/mol. The Morgan fingerprint density at radius 3 is 1.27 bits per heavy atom. The molecule has 2 nitrogen and oxygen atoms in total. The molecule has 0 amide bonds. The van der Waals surface area contributed by atoms with Gasteiger partial charge in [-0.15, -0.1) is 0 Å². The van der Waals surface area contributed by atoms with Crippen molar-refractivity contribution >= 4 is 0 Å². The Hall–Kier alpha value is -6.38. The summed E-state index contributed by atoms with van der Waals surface area (Å²) in [7, 11) is 0. The van der Waals surface area contributed by atoms with E-state index in [1.54, 1.807) is 0 Å². The van der Waals surface area contributed by atoms with Crippen LogP contribution in [0.15, 0.2) is 182 Å². The van der Waals surface area contributed by atoms with Crippen LogP contribution in [0.5, 0.6) is 0 Å². The highest BCUT2D eigenvalue weighted by Gasteiger charge is 2.51. The van der Waals surface area contributed by atoms with E-state index in [0.717, 1.165) is 33.6 Å². The van der Waals surface area contributed by atoms with Gasteiger partial charge in [0.1, 0.15) is 0 Å². The first-order valence-electron chi connectivity index (χ1n) is 16.8. The van der Waals surface area contributed by atoms with Gasteiger partial charge in [-0.25, -0.2) is 9.97 Å². The van der Waals surface area contributed by atoms with Crippen molar-refractivity contribution < 1.29 is 0 Å². The Bertz CT molecular complexity index is 2430. The second-order valence-corrected chi connectivity index (χ2v) is 12.9. The van der Waals surface area contributed by atoms with Gasteiger partial charge in [-0.2, -0.15) is 0 Å². The molecule has 0 saturated heterocycles. The fourth-order valence-electron chi connectivity index (χ4n) is 8.20. The lowest BCUT2D eigenvalue weighted by Crippen LogP contribution is -2.25. The molecule has 10 rings (SSSR count). The molecular weight excluding hydrogens is 593 g/mol. The number of aromatic nitrogens is 2. The summed E-state index contributed by atoms with van der Waals surface area (Å²) in [6.45, 7) is 0. The minimum atomic E-state index is -0.371. The molecule has 0 aliphatic heterocycles. The quantitative estimate of drug-likeness (QED) is 0.195. The van der Waals surface area contributed by atoms with Gasteiger partial charge in [-0.3, -0.25) is 0 Å². The SMILES string of the molecule is c1ccc(-c2cc(-c3ccccc3)nc(-c3cccc(-c4ccc5c(c4)C4(c6ccccc6-c6ccccc64)c4ccccc4-5)c3)n2)cc1. The summed E-state index contributed by atoms with van der Waals surface area (Å²) < 4.78 is 0. The van der Waals surface area contributed by atoms with Gasteiger partial charge in [0.05, 0.1) is 16.8 Å². The molecule has 2 aliphatic rings. The first-order chi connectivity index (χ1) is 24.3. The molecular formula is C47H30N2. The zero-order valence-electron chi connectivity index (χ0n) is 26.7. The van der Waals surface area contributed by atoms with Crippen LogP contribution < -0.4 is 0 Å². The van der Waals surface area contributed by atoms with E-state index in [1.165, 1.54) is 50.1 Å². The first-order valence-corrected chi connectivity index (χ1v) is 16.8. The van der Waals surface area contributed by atoms with Crippen LogP contribution in [0.2, 0.25) is 0 Å². The largest absolute Gasteiger partial charge is 0.228 e. The van der Waals surface area contributed by atoms with Gasteiger partial charge >= 0.3 is 0 Å².